The summed E-state index contributed by atoms with van der Waals surface area (Å²) < 4.78 is 5.24. The number of thioether (sulfide) groups is 1. The molecule has 3 nitrogen and oxygen atoms in total. The topological polar surface area (TPSA) is 38.3 Å². The van der Waals surface area contributed by atoms with Gasteiger partial charge in [-0.2, -0.15) is 0 Å². The normalized spacial score (nSPS) is 10.6. The SMILES string of the molecule is COc1ccccc1/C=C/C(=O)Nc1cccc(SC)c1. The van der Waals surface area contributed by atoms with E-state index in [1.165, 1.54) is 6.08 Å². The van der Waals surface area contributed by atoms with Gasteiger partial charge >= 0.3 is 0 Å². The third-order valence-corrected chi connectivity index (χ3v) is 3.62. The number of rotatable bonds is 5. The van der Waals surface area contributed by atoms with Gasteiger partial charge < -0.3 is 10.1 Å². The Bertz CT molecular complexity index is 653. The summed E-state index contributed by atoms with van der Waals surface area (Å²) in [5.74, 6) is 0.574. The molecule has 0 aliphatic carbocycles. The molecule has 2 aromatic rings. The smallest absolute Gasteiger partial charge is 0.248 e. The lowest BCUT2D eigenvalue weighted by molar-refractivity contribution is -0.111. The zero-order valence-electron chi connectivity index (χ0n) is 12.0. The molecule has 0 saturated heterocycles. The Morgan fingerprint density at radius 2 is 2.00 bits per heavy atom. The highest BCUT2D eigenvalue weighted by Crippen LogP contribution is 2.20. The number of methoxy groups -OCH3 is 1. The van der Waals surface area contributed by atoms with Gasteiger partial charge in [-0.25, -0.2) is 0 Å². The van der Waals surface area contributed by atoms with Crippen LogP contribution in [0.25, 0.3) is 6.08 Å². The minimum absolute atomic E-state index is 0.167. The van der Waals surface area contributed by atoms with Crippen molar-refractivity contribution in [2.75, 3.05) is 18.7 Å². The number of para-hydroxylation sites is 1. The van der Waals surface area contributed by atoms with Gasteiger partial charge in [-0.15, -0.1) is 11.8 Å². The fourth-order valence-corrected chi connectivity index (χ4v) is 2.31. The average molecular weight is 299 g/mol. The number of anilines is 1. The summed E-state index contributed by atoms with van der Waals surface area (Å²) >= 11 is 1.64. The van der Waals surface area contributed by atoms with E-state index in [0.717, 1.165) is 21.9 Å². The van der Waals surface area contributed by atoms with E-state index in [1.54, 1.807) is 24.9 Å². The lowest BCUT2D eigenvalue weighted by atomic mass is 10.2. The van der Waals surface area contributed by atoms with Gasteiger partial charge in [0.2, 0.25) is 5.91 Å². The summed E-state index contributed by atoms with van der Waals surface area (Å²) in [5, 5.41) is 2.84. The van der Waals surface area contributed by atoms with E-state index in [4.69, 9.17) is 4.74 Å². The van der Waals surface area contributed by atoms with Crippen molar-refractivity contribution in [1.82, 2.24) is 0 Å². The number of hydrogen-bond acceptors (Lipinski definition) is 3. The van der Waals surface area contributed by atoms with Gasteiger partial charge in [-0.3, -0.25) is 4.79 Å². The van der Waals surface area contributed by atoms with Crippen LogP contribution in [0.15, 0.2) is 59.5 Å². The molecule has 1 amide bonds. The zero-order valence-corrected chi connectivity index (χ0v) is 12.8. The summed E-state index contributed by atoms with van der Waals surface area (Å²) in [7, 11) is 1.61. The number of amides is 1. The van der Waals surface area contributed by atoms with Crippen LogP contribution in [-0.4, -0.2) is 19.3 Å². The predicted octanol–water partition coefficient (Wildman–Crippen LogP) is 4.07. The summed E-state index contributed by atoms with van der Waals surface area (Å²) in [5.41, 5.74) is 1.66. The molecule has 0 aliphatic heterocycles. The van der Waals surface area contributed by atoms with Gasteiger partial charge in [0, 0.05) is 22.2 Å². The molecule has 0 aliphatic rings. The molecule has 0 unspecified atom stereocenters. The molecule has 2 rings (SSSR count). The minimum atomic E-state index is -0.167. The van der Waals surface area contributed by atoms with Crippen molar-refractivity contribution < 1.29 is 9.53 Å². The van der Waals surface area contributed by atoms with Crippen molar-refractivity contribution in [3.63, 3.8) is 0 Å². The van der Waals surface area contributed by atoms with E-state index in [9.17, 15) is 4.79 Å². The second-order valence-electron chi connectivity index (χ2n) is 4.30. The number of nitrogens with one attached hydrogen (secondary N) is 1. The fraction of sp³-hybridized carbons (Fsp3) is 0.118. The summed E-state index contributed by atoms with van der Waals surface area (Å²) in [6.45, 7) is 0. The Hall–Kier alpha value is -2.20. The first kappa shape index (κ1) is 15.2. The van der Waals surface area contributed by atoms with Gasteiger partial charge in [0.05, 0.1) is 7.11 Å². The van der Waals surface area contributed by atoms with Crippen LogP contribution in [0.1, 0.15) is 5.56 Å². The number of carbonyl (C=O) groups excluding carboxylic acids is 1. The molecule has 4 heteroatoms. The number of ether oxygens (including phenoxy) is 1. The Balaban J connectivity index is 2.05. The quantitative estimate of drug-likeness (QED) is 0.668. The highest BCUT2D eigenvalue weighted by Gasteiger charge is 2.01. The fourth-order valence-electron chi connectivity index (χ4n) is 1.85. The van der Waals surface area contributed by atoms with Crippen molar-refractivity contribution in [3.05, 3.63) is 60.2 Å². The molecule has 0 saturated carbocycles. The van der Waals surface area contributed by atoms with E-state index >= 15 is 0 Å². The van der Waals surface area contributed by atoms with Crippen molar-refractivity contribution >= 4 is 29.4 Å². The number of hydrogen-bond donors (Lipinski definition) is 1. The average Bonchev–Trinajstić information content (AvgIpc) is 2.53. The highest BCUT2D eigenvalue weighted by atomic mass is 32.2. The predicted molar refractivity (Wildman–Crippen MR) is 88.9 cm³/mol. The van der Waals surface area contributed by atoms with Crippen LogP contribution in [0.2, 0.25) is 0 Å². The van der Waals surface area contributed by atoms with Crippen LogP contribution in [-0.2, 0) is 4.79 Å². The number of benzene rings is 2. The third kappa shape index (κ3) is 4.39. The summed E-state index contributed by atoms with van der Waals surface area (Å²) in [6, 6.07) is 15.3. The molecule has 21 heavy (non-hydrogen) atoms. The summed E-state index contributed by atoms with van der Waals surface area (Å²) in [4.78, 5) is 13.1. The maximum absolute atomic E-state index is 11.9. The first-order valence-corrected chi connectivity index (χ1v) is 7.71. The molecule has 0 fully saturated rings. The molecular weight excluding hydrogens is 282 g/mol. The van der Waals surface area contributed by atoms with Crippen molar-refractivity contribution in [2.45, 2.75) is 4.90 Å². The van der Waals surface area contributed by atoms with Crippen molar-refractivity contribution in [3.8, 4) is 5.75 Å². The van der Waals surface area contributed by atoms with Crippen LogP contribution in [0, 0.1) is 0 Å². The van der Waals surface area contributed by atoms with E-state index in [0.29, 0.717) is 0 Å². The van der Waals surface area contributed by atoms with Crippen LogP contribution in [0.3, 0.4) is 0 Å². The first-order chi connectivity index (χ1) is 10.2. The van der Waals surface area contributed by atoms with Crippen LogP contribution in [0.5, 0.6) is 5.75 Å². The first-order valence-electron chi connectivity index (χ1n) is 6.49. The molecule has 0 radical (unpaired) electrons. The van der Waals surface area contributed by atoms with Crippen molar-refractivity contribution in [1.29, 1.82) is 0 Å². The molecule has 0 spiro atoms. The molecular formula is C17H17NO2S. The van der Waals surface area contributed by atoms with E-state index in [1.807, 2.05) is 54.8 Å². The van der Waals surface area contributed by atoms with Gasteiger partial charge in [0.15, 0.2) is 0 Å². The zero-order chi connectivity index (χ0) is 15.1. The number of carbonyl (C=O) groups is 1. The standard InChI is InChI=1S/C17H17NO2S/c1-20-16-9-4-3-6-13(16)10-11-17(19)18-14-7-5-8-15(12-14)21-2/h3-12H,1-2H3,(H,18,19)/b11-10+. The maximum Gasteiger partial charge on any atom is 0.248 e. The molecule has 1 N–H and O–H groups in total. The maximum atomic E-state index is 11.9. The van der Waals surface area contributed by atoms with E-state index in [-0.39, 0.29) is 5.91 Å². The van der Waals surface area contributed by atoms with Crippen molar-refractivity contribution in [2.24, 2.45) is 0 Å². The van der Waals surface area contributed by atoms with Gasteiger partial charge in [-0.05, 0) is 36.6 Å². The third-order valence-electron chi connectivity index (χ3n) is 2.89. The van der Waals surface area contributed by atoms with Crippen LogP contribution >= 0.6 is 11.8 Å². The lowest BCUT2D eigenvalue weighted by Crippen LogP contribution is -2.07. The highest BCUT2D eigenvalue weighted by molar-refractivity contribution is 7.98. The second-order valence-corrected chi connectivity index (χ2v) is 5.18. The molecule has 0 heterocycles. The van der Waals surface area contributed by atoms with Gasteiger partial charge in [0.25, 0.3) is 0 Å². The van der Waals surface area contributed by atoms with Crippen LogP contribution in [0.4, 0.5) is 5.69 Å². The summed E-state index contributed by atoms with van der Waals surface area (Å²) in [6.07, 6.45) is 5.25. The Kier molecular flexibility index (Phi) is 5.46. The second kappa shape index (κ2) is 7.55. The molecule has 0 aromatic heterocycles. The van der Waals surface area contributed by atoms with E-state index < -0.39 is 0 Å². The lowest BCUT2D eigenvalue weighted by Gasteiger charge is -2.05. The molecule has 0 bridgehead atoms. The van der Waals surface area contributed by atoms with Gasteiger partial charge in [0.1, 0.15) is 5.75 Å². The van der Waals surface area contributed by atoms with E-state index in [2.05, 4.69) is 5.32 Å². The Morgan fingerprint density at radius 1 is 1.19 bits per heavy atom. The molecule has 0 atom stereocenters. The Morgan fingerprint density at radius 3 is 2.76 bits per heavy atom. The monoisotopic (exact) mass is 299 g/mol. The van der Waals surface area contributed by atoms with Crippen LogP contribution < -0.4 is 10.1 Å². The molecule has 108 valence electrons. The van der Waals surface area contributed by atoms with Gasteiger partial charge in [-0.1, -0.05) is 24.3 Å². The minimum Gasteiger partial charge on any atom is -0.496 e. The Labute approximate surface area is 129 Å². The largest absolute Gasteiger partial charge is 0.496 e. The molecule has 2 aromatic carbocycles.